The molecule has 22 heavy (non-hydrogen) atoms. The molecule has 0 bridgehead atoms. The molecule has 0 radical (unpaired) electrons. The van der Waals surface area contributed by atoms with Gasteiger partial charge in [0, 0.05) is 18.0 Å². The van der Waals surface area contributed by atoms with Crippen LogP contribution in [-0.4, -0.2) is 34.5 Å². The summed E-state index contributed by atoms with van der Waals surface area (Å²) in [5, 5.41) is 3.18. The van der Waals surface area contributed by atoms with Gasteiger partial charge in [0.2, 0.25) is 5.88 Å². The summed E-state index contributed by atoms with van der Waals surface area (Å²) >= 11 is 1.89. The molecule has 5 heteroatoms. The van der Waals surface area contributed by atoms with Crippen molar-refractivity contribution in [2.75, 3.05) is 11.5 Å². The van der Waals surface area contributed by atoms with Gasteiger partial charge in [0.25, 0.3) is 5.91 Å². The Morgan fingerprint density at radius 1 is 1.23 bits per heavy atom. The Balaban J connectivity index is 1.65. The van der Waals surface area contributed by atoms with Crippen LogP contribution in [0, 0.1) is 0 Å². The largest absolute Gasteiger partial charge is 0.473 e. The molecule has 1 aliphatic carbocycles. The number of thioether (sulfide) groups is 1. The smallest absolute Gasteiger partial charge is 0.256 e. The molecule has 120 valence electrons. The highest BCUT2D eigenvalue weighted by molar-refractivity contribution is 7.99. The van der Waals surface area contributed by atoms with Crippen LogP contribution in [0.5, 0.6) is 5.88 Å². The van der Waals surface area contributed by atoms with Gasteiger partial charge in [-0.1, -0.05) is 25.7 Å². The van der Waals surface area contributed by atoms with Crippen LogP contribution in [0.1, 0.15) is 55.3 Å². The third-order valence-electron chi connectivity index (χ3n) is 4.37. The van der Waals surface area contributed by atoms with Crippen molar-refractivity contribution >= 4 is 17.7 Å². The van der Waals surface area contributed by atoms with Gasteiger partial charge in [-0.05, 0) is 37.1 Å². The van der Waals surface area contributed by atoms with Crippen molar-refractivity contribution in [2.45, 2.75) is 57.1 Å². The molecule has 0 aromatic carbocycles. The van der Waals surface area contributed by atoms with Gasteiger partial charge in [-0.2, -0.15) is 11.8 Å². The predicted molar refractivity (Wildman–Crippen MR) is 89.6 cm³/mol. The van der Waals surface area contributed by atoms with Gasteiger partial charge in [0.15, 0.2) is 0 Å². The monoisotopic (exact) mass is 320 g/mol. The van der Waals surface area contributed by atoms with Crippen molar-refractivity contribution in [1.82, 2.24) is 10.3 Å². The lowest BCUT2D eigenvalue weighted by Gasteiger charge is -2.18. The summed E-state index contributed by atoms with van der Waals surface area (Å²) in [5.74, 6) is 2.56. The highest BCUT2D eigenvalue weighted by atomic mass is 32.2. The average Bonchev–Trinajstić information content (AvgIpc) is 2.90. The zero-order valence-corrected chi connectivity index (χ0v) is 13.7. The fourth-order valence-corrected chi connectivity index (χ4v) is 4.20. The van der Waals surface area contributed by atoms with Crippen LogP contribution in [-0.2, 0) is 0 Å². The Bertz CT molecular complexity index is 495. The molecule has 1 atom stereocenters. The first kappa shape index (κ1) is 15.7. The highest BCUT2D eigenvalue weighted by Gasteiger charge is 2.23. The molecule has 3 rings (SSSR count). The average molecular weight is 320 g/mol. The minimum atomic E-state index is -0.0411. The van der Waals surface area contributed by atoms with Crippen LogP contribution in [0.3, 0.4) is 0 Å². The van der Waals surface area contributed by atoms with E-state index in [4.69, 9.17) is 4.74 Å². The van der Waals surface area contributed by atoms with E-state index in [1.54, 1.807) is 12.3 Å². The molecule has 1 saturated carbocycles. The quantitative estimate of drug-likeness (QED) is 0.864. The van der Waals surface area contributed by atoms with Crippen LogP contribution in [0.25, 0.3) is 0 Å². The summed E-state index contributed by atoms with van der Waals surface area (Å²) in [4.78, 5) is 16.9. The van der Waals surface area contributed by atoms with E-state index in [-0.39, 0.29) is 12.0 Å². The molecule has 1 amide bonds. The third-order valence-corrected chi connectivity index (χ3v) is 5.50. The minimum Gasteiger partial charge on any atom is -0.473 e. The maximum absolute atomic E-state index is 12.6. The highest BCUT2D eigenvalue weighted by Crippen LogP contribution is 2.24. The molecule has 4 nitrogen and oxygen atoms in total. The fourth-order valence-electron chi connectivity index (χ4n) is 3.11. The second-order valence-electron chi connectivity index (χ2n) is 6.12. The molecule has 1 unspecified atom stereocenters. The number of rotatable bonds is 4. The molecule has 2 aliphatic rings. The third kappa shape index (κ3) is 4.15. The van der Waals surface area contributed by atoms with Gasteiger partial charge in [0.05, 0.1) is 0 Å². The Kier molecular flexibility index (Phi) is 5.59. The van der Waals surface area contributed by atoms with Gasteiger partial charge in [0.1, 0.15) is 11.7 Å². The van der Waals surface area contributed by atoms with Crippen LogP contribution in [0.15, 0.2) is 18.3 Å². The van der Waals surface area contributed by atoms with Crippen molar-refractivity contribution in [3.63, 3.8) is 0 Å². The molecule has 2 fully saturated rings. The number of amides is 1. The number of carbonyl (C=O) groups is 1. The summed E-state index contributed by atoms with van der Waals surface area (Å²) in [6.07, 6.45) is 10.1. The van der Waals surface area contributed by atoms with Crippen LogP contribution in [0.2, 0.25) is 0 Å². The van der Waals surface area contributed by atoms with E-state index in [0.717, 1.165) is 30.8 Å². The Hall–Kier alpha value is -1.23. The summed E-state index contributed by atoms with van der Waals surface area (Å²) in [5.41, 5.74) is 0.573. The zero-order chi connectivity index (χ0) is 15.2. The Morgan fingerprint density at radius 2 is 2.05 bits per heavy atom. The molecular formula is C17H24N2O2S. The molecule has 1 N–H and O–H groups in total. The summed E-state index contributed by atoms with van der Waals surface area (Å²) in [6.45, 7) is 0. The lowest BCUT2D eigenvalue weighted by atomic mass is 10.1. The van der Waals surface area contributed by atoms with Gasteiger partial charge in [-0.3, -0.25) is 4.79 Å². The zero-order valence-electron chi connectivity index (χ0n) is 12.9. The van der Waals surface area contributed by atoms with E-state index in [9.17, 15) is 4.79 Å². The van der Waals surface area contributed by atoms with E-state index in [1.807, 2.05) is 17.8 Å². The standard InChI is InChI=1S/C17H24N2O2S/c20-16(19-13-6-3-1-2-4-7-13)15-8-5-10-18-17(15)21-14-9-11-22-12-14/h5,8,10,13-14H,1-4,6-7,9,11-12H2,(H,19,20). The number of ether oxygens (including phenoxy) is 1. The van der Waals surface area contributed by atoms with Gasteiger partial charge < -0.3 is 10.1 Å². The lowest BCUT2D eigenvalue weighted by Crippen LogP contribution is -2.35. The van der Waals surface area contributed by atoms with Crippen molar-refractivity contribution in [1.29, 1.82) is 0 Å². The number of carbonyl (C=O) groups excluding carboxylic acids is 1. The van der Waals surface area contributed by atoms with Gasteiger partial charge in [-0.25, -0.2) is 4.98 Å². The second-order valence-corrected chi connectivity index (χ2v) is 7.27. The topological polar surface area (TPSA) is 51.2 Å². The van der Waals surface area contributed by atoms with Crippen LogP contribution >= 0.6 is 11.8 Å². The van der Waals surface area contributed by atoms with Crippen LogP contribution < -0.4 is 10.1 Å². The maximum atomic E-state index is 12.6. The SMILES string of the molecule is O=C(NC1CCCCCC1)c1cccnc1OC1CCSC1. The first-order valence-electron chi connectivity index (χ1n) is 8.33. The van der Waals surface area contributed by atoms with E-state index in [1.165, 1.54) is 25.7 Å². The molecule has 1 saturated heterocycles. The first-order chi connectivity index (χ1) is 10.8. The molecule has 1 aromatic rings. The summed E-state index contributed by atoms with van der Waals surface area (Å²) in [6, 6.07) is 3.92. The summed E-state index contributed by atoms with van der Waals surface area (Å²) < 4.78 is 5.95. The summed E-state index contributed by atoms with van der Waals surface area (Å²) in [7, 11) is 0. The number of hydrogen-bond donors (Lipinski definition) is 1. The maximum Gasteiger partial charge on any atom is 0.256 e. The van der Waals surface area contributed by atoms with Gasteiger partial charge in [-0.15, -0.1) is 0 Å². The fraction of sp³-hybridized carbons (Fsp3) is 0.647. The second kappa shape index (κ2) is 7.86. The first-order valence-corrected chi connectivity index (χ1v) is 9.48. The Labute approximate surface area is 136 Å². The van der Waals surface area contributed by atoms with E-state index >= 15 is 0 Å². The van der Waals surface area contributed by atoms with Crippen molar-refractivity contribution < 1.29 is 9.53 Å². The number of nitrogens with one attached hydrogen (secondary N) is 1. The lowest BCUT2D eigenvalue weighted by molar-refractivity contribution is 0.0925. The number of hydrogen-bond acceptors (Lipinski definition) is 4. The molecule has 0 spiro atoms. The normalized spacial score (nSPS) is 23.0. The minimum absolute atomic E-state index is 0.0411. The number of nitrogens with zero attached hydrogens (tertiary/aromatic N) is 1. The van der Waals surface area contributed by atoms with Crippen LogP contribution in [0.4, 0.5) is 0 Å². The predicted octanol–water partition coefficient (Wildman–Crippen LogP) is 3.42. The van der Waals surface area contributed by atoms with Crippen molar-refractivity contribution in [3.8, 4) is 5.88 Å². The molecule has 1 aliphatic heterocycles. The number of pyridine rings is 1. The van der Waals surface area contributed by atoms with Gasteiger partial charge >= 0.3 is 0 Å². The van der Waals surface area contributed by atoms with E-state index in [0.29, 0.717) is 17.5 Å². The molecule has 2 heterocycles. The molecular weight excluding hydrogens is 296 g/mol. The van der Waals surface area contributed by atoms with Crippen molar-refractivity contribution in [3.05, 3.63) is 23.9 Å². The molecule has 1 aromatic heterocycles. The van der Waals surface area contributed by atoms with Crippen molar-refractivity contribution in [2.24, 2.45) is 0 Å². The number of aromatic nitrogens is 1. The van der Waals surface area contributed by atoms with E-state index < -0.39 is 0 Å². The Morgan fingerprint density at radius 3 is 2.77 bits per heavy atom. The van der Waals surface area contributed by atoms with E-state index in [2.05, 4.69) is 10.3 Å².